The molecule has 3 aliphatic heterocycles. The zero-order valence-corrected chi connectivity index (χ0v) is 20.3. The number of hydrogen-bond acceptors (Lipinski definition) is 5. The maximum absolute atomic E-state index is 13.9. The Morgan fingerprint density at radius 1 is 1.08 bits per heavy atom. The number of hydrogen-bond donors (Lipinski definition) is 2. The number of imide groups is 1. The van der Waals surface area contributed by atoms with Crippen LogP contribution in [0.15, 0.2) is 48.5 Å². The summed E-state index contributed by atoms with van der Waals surface area (Å²) in [6, 6.07) is 14.3. The van der Waals surface area contributed by atoms with Gasteiger partial charge in [0.2, 0.25) is 0 Å². The first-order chi connectivity index (χ1) is 17.5. The van der Waals surface area contributed by atoms with Crippen molar-refractivity contribution >= 4 is 34.4 Å². The lowest BCUT2D eigenvalue weighted by Gasteiger charge is -2.35. The van der Waals surface area contributed by atoms with E-state index in [4.69, 9.17) is 4.74 Å². The van der Waals surface area contributed by atoms with Gasteiger partial charge in [-0.2, -0.15) is 0 Å². The van der Waals surface area contributed by atoms with Crippen LogP contribution in [0.5, 0.6) is 0 Å². The van der Waals surface area contributed by atoms with E-state index in [9.17, 15) is 14.4 Å². The molecule has 0 saturated carbocycles. The van der Waals surface area contributed by atoms with Gasteiger partial charge in [0, 0.05) is 49.2 Å². The van der Waals surface area contributed by atoms with Crippen LogP contribution < -0.4 is 10.2 Å². The van der Waals surface area contributed by atoms with Crippen molar-refractivity contribution in [2.75, 3.05) is 50.8 Å². The van der Waals surface area contributed by atoms with E-state index in [1.54, 1.807) is 29.2 Å². The second-order valence-electron chi connectivity index (χ2n) is 9.68. The lowest BCUT2D eigenvalue weighted by molar-refractivity contribution is -0.125. The Morgan fingerprint density at radius 2 is 1.89 bits per heavy atom. The summed E-state index contributed by atoms with van der Waals surface area (Å²) in [7, 11) is 0. The van der Waals surface area contributed by atoms with E-state index in [-0.39, 0.29) is 17.8 Å². The summed E-state index contributed by atoms with van der Waals surface area (Å²) in [5.74, 6) is -0.545. The van der Waals surface area contributed by atoms with Crippen molar-refractivity contribution in [2.24, 2.45) is 0 Å². The predicted molar refractivity (Wildman–Crippen MR) is 135 cm³/mol. The van der Waals surface area contributed by atoms with Crippen molar-refractivity contribution in [3.8, 4) is 0 Å². The van der Waals surface area contributed by atoms with E-state index in [1.165, 1.54) is 4.90 Å². The number of carbonyl (C=O) groups is 3. The summed E-state index contributed by atoms with van der Waals surface area (Å²) in [4.78, 5) is 48.7. The highest BCUT2D eigenvalue weighted by Gasteiger charge is 2.59. The Labute approximate surface area is 209 Å². The largest absolute Gasteiger partial charge is 0.379 e. The molecule has 2 N–H and O–H groups in total. The Balaban J connectivity index is 1.24. The molecule has 9 nitrogen and oxygen atoms in total. The van der Waals surface area contributed by atoms with Gasteiger partial charge in [-0.1, -0.05) is 24.3 Å². The maximum Gasteiger partial charge on any atom is 0.332 e. The van der Waals surface area contributed by atoms with Gasteiger partial charge in [0.05, 0.1) is 24.6 Å². The Hall–Kier alpha value is -3.69. The molecule has 0 bridgehead atoms. The summed E-state index contributed by atoms with van der Waals surface area (Å²) in [6.45, 7) is 6.66. The second kappa shape index (κ2) is 8.76. The van der Waals surface area contributed by atoms with Gasteiger partial charge >= 0.3 is 6.03 Å². The Morgan fingerprint density at radius 3 is 2.72 bits per heavy atom. The molecule has 1 aromatic heterocycles. The summed E-state index contributed by atoms with van der Waals surface area (Å²) >= 11 is 0. The molecule has 3 aromatic rings. The highest BCUT2D eigenvalue weighted by molar-refractivity contribution is 6.24. The van der Waals surface area contributed by atoms with Crippen molar-refractivity contribution < 1.29 is 19.1 Å². The summed E-state index contributed by atoms with van der Waals surface area (Å²) in [5, 5.41) is 4.03. The number of aromatic amines is 1. The van der Waals surface area contributed by atoms with Gasteiger partial charge in [-0.15, -0.1) is 0 Å². The van der Waals surface area contributed by atoms with Crippen LogP contribution in [0.2, 0.25) is 0 Å². The number of fused-ring (bicyclic) bond motifs is 5. The normalized spacial score (nSPS) is 22.1. The van der Waals surface area contributed by atoms with Crippen LogP contribution in [0.25, 0.3) is 10.9 Å². The number of urea groups is 1. The molecule has 0 unspecified atom stereocenters. The number of H-pyrrole nitrogens is 1. The lowest BCUT2D eigenvalue weighted by atomic mass is 9.87. The zero-order chi connectivity index (χ0) is 24.9. The van der Waals surface area contributed by atoms with Gasteiger partial charge in [0.1, 0.15) is 0 Å². The van der Waals surface area contributed by atoms with Gasteiger partial charge in [-0.05, 0) is 43.2 Å². The van der Waals surface area contributed by atoms with E-state index in [1.807, 2.05) is 31.2 Å². The smallest absolute Gasteiger partial charge is 0.332 e. The van der Waals surface area contributed by atoms with E-state index >= 15 is 0 Å². The van der Waals surface area contributed by atoms with E-state index in [2.05, 4.69) is 15.2 Å². The van der Waals surface area contributed by atoms with E-state index in [0.717, 1.165) is 41.8 Å². The number of para-hydroxylation sites is 1. The van der Waals surface area contributed by atoms with Crippen LogP contribution in [-0.2, 0) is 21.5 Å². The topological polar surface area (TPSA) is 98.0 Å². The van der Waals surface area contributed by atoms with Crippen LogP contribution in [0.4, 0.5) is 10.5 Å². The predicted octanol–water partition coefficient (Wildman–Crippen LogP) is 2.47. The molecule has 0 radical (unpaired) electrons. The molecule has 2 saturated heterocycles. The summed E-state index contributed by atoms with van der Waals surface area (Å²) in [5.41, 5.74) is 2.50. The van der Waals surface area contributed by atoms with Gasteiger partial charge in [-0.3, -0.25) is 14.5 Å². The number of morpholine rings is 1. The highest BCUT2D eigenvalue weighted by atomic mass is 16.5. The van der Waals surface area contributed by atoms with Crippen molar-refractivity contribution in [3.05, 3.63) is 65.4 Å². The molecule has 1 atom stereocenters. The molecule has 0 aliphatic carbocycles. The minimum atomic E-state index is -1.12. The number of nitrogens with zero attached hydrogens (tertiary/aromatic N) is 3. The minimum Gasteiger partial charge on any atom is -0.379 e. The molecular formula is C27H29N5O4. The van der Waals surface area contributed by atoms with Crippen LogP contribution in [0.3, 0.4) is 0 Å². The van der Waals surface area contributed by atoms with Crippen LogP contribution >= 0.6 is 0 Å². The molecular weight excluding hydrogens is 458 g/mol. The number of carbonyl (C=O) groups excluding carboxylic acids is 3. The van der Waals surface area contributed by atoms with Gasteiger partial charge < -0.3 is 19.9 Å². The SMILES string of the molecule is C[C@]12C(=O)N(c3cccc(C(=O)NCCN4CCOCC4)c3)C(=O)N1CCc1c2[nH]c2ccccc12. The third kappa shape index (κ3) is 3.50. The number of aromatic nitrogens is 1. The van der Waals surface area contributed by atoms with Crippen LogP contribution in [0, 0.1) is 0 Å². The first-order valence-electron chi connectivity index (χ1n) is 12.4. The van der Waals surface area contributed by atoms with Crippen LogP contribution in [0.1, 0.15) is 28.5 Å². The van der Waals surface area contributed by atoms with Gasteiger partial charge in [-0.25, -0.2) is 9.69 Å². The monoisotopic (exact) mass is 487 g/mol. The summed E-state index contributed by atoms with van der Waals surface area (Å²) in [6.07, 6.45) is 0.674. The van der Waals surface area contributed by atoms with E-state index in [0.29, 0.717) is 44.0 Å². The number of amides is 4. The maximum atomic E-state index is 13.9. The molecule has 3 aliphatic rings. The van der Waals surface area contributed by atoms with Crippen molar-refractivity contribution in [1.29, 1.82) is 0 Å². The highest BCUT2D eigenvalue weighted by Crippen LogP contribution is 2.45. The lowest BCUT2D eigenvalue weighted by Crippen LogP contribution is -2.49. The first kappa shape index (κ1) is 22.8. The van der Waals surface area contributed by atoms with Crippen molar-refractivity contribution in [1.82, 2.24) is 20.1 Å². The fourth-order valence-electron chi connectivity index (χ4n) is 5.66. The molecule has 4 amide bonds. The minimum absolute atomic E-state index is 0.231. The molecule has 186 valence electrons. The quantitative estimate of drug-likeness (QED) is 0.539. The first-order valence-corrected chi connectivity index (χ1v) is 12.4. The Kier molecular flexibility index (Phi) is 5.54. The number of rotatable bonds is 5. The van der Waals surface area contributed by atoms with Crippen molar-refractivity contribution in [2.45, 2.75) is 18.9 Å². The molecule has 0 spiro atoms. The molecule has 4 heterocycles. The average molecular weight is 488 g/mol. The van der Waals surface area contributed by atoms with Crippen LogP contribution in [-0.4, -0.2) is 78.6 Å². The van der Waals surface area contributed by atoms with E-state index < -0.39 is 5.54 Å². The third-order valence-corrected chi connectivity index (χ3v) is 7.65. The Bertz CT molecular complexity index is 1360. The third-order valence-electron chi connectivity index (χ3n) is 7.65. The average Bonchev–Trinajstić information content (AvgIpc) is 3.38. The van der Waals surface area contributed by atoms with Gasteiger partial charge in [0.25, 0.3) is 11.8 Å². The number of nitrogens with one attached hydrogen (secondary N) is 2. The summed E-state index contributed by atoms with van der Waals surface area (Å²) < 4.78 is 5.36. The molecule has 9 heteroatoms. The number of anilines is 1. The molecule has 2 fully saturated rings. The number of benzene rings is 2. The fourth-order valence-corrected chi connectivity index (χ4v) is 5.66. The standard InChI is InChI=1S/C27H29N5O4/c1-27-23-21(20-7-2-3-8-22(20)29-23)9-11-31(27)26(35)32(25(27)34)19-6-4-5-18(17-19)24(33)28-10-12-30-13-15-36-16-14-30/h2-8,17,29H,9-16H2,1H3,(H,28,33)/t27-/m0/s1. The second-order valence-corrected chi connectivity index (χ2v) is 9.68. The number of ether oxygens (including phenoxy) is 1. The van der Waals surface area contributed by atoms with Gasteiger partial charge in [0.15, 0.2) is 5.54 Å². The fraction of sp³-hybridized carbons (Fsp3) is 0.370. The molecule has 36 heavy (non-hydrogen) atoms. The molecule has 2 aromatic carbocycles. The van der Waals surface area contributed by atoms with Crippen molar-refractivity contribution in [3.63, 3.8) is 0 Å². The zero-order valence-electron chi connectivity index (χ0n) is 20.3. The molecule has 6 rings (SSSR count).